The number of carboxylic acids is 1. The molecule has 0 spiro atoms. The molecule has 4 nitrogen and oxygen atoms in total. The highest BCUT2D eigenvalue weighted by Crippen LogP contribution is 2.41. The van der Waals surface area contributed by atoms with Crippen LogP contribution in [0.4, 0.5) is 0 Å². The molecular formula is C19H20N2O2. The molecule has 0 bridgehead atoms. The molecule has 0 saturated carbocycles. The van der Waals surface area contributed by atoms with E-state index in [-0.39, 0.29) is 6.04 Å². The van der Waals surface area contributed by atoms with Gasteiger partial charge in [-0.1, -0.05) is 60.7 Å². The monoisotopic (exact) mass is 308 g/mol. The third-order valence-corrected chi connectivity index (χ3v) is 4.40. The van der Waals surface area contributed by atoms with Crippen molar-refractivity contribution >= 4 is 11.8 Å². The fraction of sp³-hybridized carbons (Fsp3) is 0.263. The summed E-state index contributed by atoms with van der Waals surface area (Å²) in [4.78, 5) is 18.5. The number of aliphatic carboxylic acids is 1. The average molecular weight is 308 g/mol. The van der Waals surface area contributed by atoms with Crippen molar-refractivity contribution in [1.29, 1.82) is 0 Å². The first-order valence-corrected chi connectivity index (χ1v) is 7.68. The standard InChI is InChI=1S/C19H20N2O2/c1-14-20-19(2,18(22)23)17(16-11-7-4-8-12-16)21(14)13-15-9-5-3-6-10-15/h3-12,17H,13H2,1-2H3,(H,22,23)/t17-,19-/m0/s1. The molecule has 0 radical (unpaired) electrons. The zero-order valence-electron chi connectivity index (χ0n) is 13.3. The lowest BCUT2D eigenvalue weighted by Crippen LogP contribution is -2.43. The van der Waals surface area contributed by atoms with Crippen molar-refractivity contribution in [3.8, 4) is 0 Å². The van der Waals surface area contributed by atoms with Crippen LogP contribution in [0.5, 0.6) is 0 Å². The molecule has 3 rings (SSSR count). The van der Waals surface area contributed by atoms with Crippen LogP contribution in [0.1, 0.15) is 31.0 Å². The first kappa shape index (κ1) is 15.3. The smallest absolute Gasteiger partial charge is 0.333 e. The van der Waals surface area contributed by atoms with Crippen molar-refractivity contribution in [2.75, 3.05) is 0 Å². The Morgan fingerprint density at radius 3 is 2.26 bits per heavy atom. The molecule has 0 aliphatic carbocycles. The SMILES string of the molecule is CC1=N[C@](C)(C(=O)O)[C@H](c2ccccc2)N1Cc1ccccc1. The van der Waals surface area contributed by atoms with E-state index in [4.69, 9.17) is 0 Å². The number of hydrogen-bond donors (Lipinski definition) is 1. The van der Waals surface area contributed by atoms with Crippen molar-refractivity contribution < 1.29 is 9.90 Å². The highest BCUT2D eigenvalue weighted by atomic mass is 16.4. The first-order chi connectivity index (χ1) is 11.0. The summed E-state index contributed by atoms with van der Waals surface area (Å²) in [7, 11) is 0. The van der Waals surface area contributed by atoms with Gasteiger partial charge in [-0.2, -0.15) is 0 Å². The van der Waals surface area contributed by atoms with E-state index < -0.39 is 11.5 Å². The van der Waals surface area contributed by atoms with Crippen LogP contribution in [0.25, 0.3) is 0 Å². The molecule has 1 heterocycles. The van der Waals surface area contributed by atoms with Gasteiger partial charge in [-0.15, -0.1) is 0 Å². The molecule has 2 atom stereocenters. The number of benzene rings is 2. The molecule has 23 heavy (non-hydrogen) atoms. The van der Waals surface area contributed by atoms with E-state index in [1.165, 1.54) is 0 Å². The second-order valence-electron chi connectivity index (χ2n) is 6.04. The molecule has 0 fully saturated rings. The molecule has 118 valence electrons. The molecule has 2 aromatic carbocycles. The predicted molar refractivity (Wildman–Crippen MR) is 90.3 cm³/mol. The number of amidine groups is 1. The summed E-state index contributed by atoms with van der Waals surface area (Å²) in [6, 6.07) is 19.5. The van der Waals surface area contributed by atoms with Gasteiger partial charge in [0.2, 0.25) is 0 Å². The van der Waals surface area contributed by atoms with Gasteiger partial charge >= 0.3 is 5.97 Å². The Hall–Kier alpha value is -2.62. The first-order valence-electron chi connectivity index (χ1n) is 7.68. The fourth-order valence-electron chi connectivity index (χ4n) is 3.24. The average Bonchev–Trinajstić information content (AvgIpc) is 2.81. The second kappa shape index (κ2) is 5.88. The zero-order chi connectivity index (χ0) is 16.4. The van der Waals surface area contributed by atoms with E-state index in [2.05, 4.69) is 9.89 Å². The molecule has 1 aliphatic rings. The minimum absolute atomic E-state index is 0.318. The number of carbonyl (C=O) groups is 1. The molecule has 4 heteroatoms. The van der Waals surface area contributed by atoms with Crippen molar-refractivity contribution in [2.24, 2.45) is 4.99 Å². The number of nitrogens with zero attached hydrogens (tertiary/aromatic N) is 2. The molecule has 0 aromatic heterocycles. The normalized spacial score (nSPS) is 23.7. The van der Waals surface area contributed by atoms with Crippen molar-refractivity contribution in [3.63, 3.8) is 0 Å². The van der Waals surface area contributed by atoms with E-state index in [1.807, 2.05) is 67.6 Å². The molecule has 2 aromatic rings. The maximum atomic E-state index is 11.9. The fourth-order valence-corrected chi connectivity index (χ4v) is 3.24. The number of rotatable bonds is 4. The van der Waals surface area contributed by atoms with Crippen molar-refractivity contribution in [3.05, 3.63) is 71.8 Å². The van der Waals surface area contributed by atoms with E-state index >= 15 is 0 Å². The Balaban J connectivity index is 2.03. The molecule has 0 unspecified atom stereocenters. The Morgan fingerprint density at radius 1 is 1.13 bits per heavy atom. The van der Waals surface area contributed by atoms with Gasteiger partial charge in [0.05, 0.1) is 11.9 Å². The van der Waals surface area contributed by atoms with Crippen LogP contribution >= 0.6 is 0 Å². The van der Waals surface area contributed by atoms with E-state index in [0.29, 0.717) is 6.54 Å². The number of hydrogen-bond acceptors (Lipinski definition) is 3. The summed E-state index contributed by atoms with van der Waals surface area (Å²) in [5, 5.41) is 9.77. The molecule has 1 aliphatic heterocycles. The number of aliphatic imine (C=N–C) groups is 1. The summed E-state index contributed by atoms with van der Waals surface area (Å²) in [5.41, 5.74) is 0.923. The Morgan fingerprint density at radius 2 is 1.70 bits per heavy atom. The molecular weight excluding hydrogens is 288 g/mol. The van der Waals surface area contributed by atoms with Crippen LogP contribution < -0.4 is 0 Å². The van der Waals surface area contributed by atoms with Gasteiger partial charge in [0.15, 0.2) is 5.54 Å². The van der Waals surface area contributed by atoms with Gasteiger partial charge in [-0.3, -0.25) is 4.99 Å². The van der Waals surface area contributed by atoms with Crippen LogP contribution in [-0.4, -0.2) is 27.4 Å². The lowest BCUT2D eigenvalue weighted by molar-refractivity contribution is -0.144. The minimum Gasteiger partial charge on any atom is -0.479 e. The molecule has 1 N–H and O–H groups in total. The van der Waals surface area contributed by atoms with Gasteiger partial charge in [0, 0.05) is 6.54 Å². The van der Waals surface area contributed by atoms with Crippen molar-refractivity contribution in [2.45, 2.75) is 32.0 Å². The van der Waals surface area contributed by atoms with E-state index in [9.17, 15) is 9.90 Å². The highest BCUT2D eigenvalue weighted by Gasteiger charge is 2.50. The maximum Gasteiger partial charge on any atom is 0.333 e. The Kier molecular flexibility index (Phi) is 3.90. The van der Waals surface area contributed by atoms with Crippen LogP contribution in [-0.2, 0) is 11.3 Å². The topological polar surface area (TPSA) is 52.9 Å². The van der Waals surface area contributed by atoms with Crippen LogP contribution in [0.2, 0.25) is 0 Å². The Labute approximate surface area is 136 Å². The third-order valence-electron chi connectivity index (χ3n) is 4.40. The van der Waals surface area contributed by atoms with Crippen LogP contribution in [0, 0.1) is 0 Å². The third kappa shape index (κ3) is 2.72. The van der Waals surface area contributed by atoms with Crippen LogP contribution in [0.3, 0.4) is 0 Å². The van der Waals surface area contributed by atoms with Gasteiger partial charge in [0.25, 0.3) is 0 Å². The van der Waals surface area contributed by atoms with Gasteiger partial charge < -0.3 is 10.0 Å². The summed E-state index contributed by atoms with van der Waals surface area (Å²) >= 11 is 0. The predicted octanol–water partition coefficient (Wildman–Crippen LogP) is 3.51. The van der Waals surface area contributed by atoms with Gasteiger partial charge in [-0.25, -0.2) is 4.79 Å². The molecule has 0 amide bonds. The van der Waals surface area contributed by atoms with Crippen LogP contribution in [0.15, 0.2) is 65.7 Å². The van der Waals surface area contributed by atoms with E-state index in [1.54, 1.807) is 6.92 Å². The van der Waals surface area contributed by atoms with Crippen molar-refractivity contribution in [1.82, 2.24) is 4.90 Å². The van der Waals surface area contributed by atoms with Gasteiger partial charge in [-0.05, 0) is 25.0 Å². The zero-order valence-corrected chi connectivity index (χ0v) is 13.3. The van der Waals surface area contributed by atoms with Gasteiger partial charge in [0.1, 0.15) is 0 Å². The second-order valence-corrected chi connectivity index (χ2v) is 6.04. The Bertz CT molecular complexity index is 728. The minimum atomic E-state index is -1.18. The molecule has 0 saturated heterocycles. The summed E-state index contributed by atoms with van der Waals surface area (Å²) in [6.45, 7) is 4.22. The number of carboxylic acid groups (broad SMARTS) is 1. The lowest BCUT2D eigenvalue weighted by Gasteiger charge is -2.33. The largest absolute Gasteiger partial charge is 0.479 e. The quantitative estimate of drug-likeness (QED) is 0.940. The highest BCUT2D eigenvalue weighted by molar-refractivity contribution is 5.91. The maximum absolute atomic E-state index is 11.9. The summed E-state index contributed by atoms with van der Waals surface area (Å²) < 4.78 is 0. The van der Waals surface area contributed by atoms with E-state index in [0.717, 1.165) is 17.0 Å². The summed E-state index contributed by atoms with van der Waals surface area (Å²) in [5.74, 6) is -0.145. The summed E-state index contributed by atoms with van der Waals surface area (Å²) in [6.07, 6.45) is 0. The lowest BCUT2D eigenvalue weighted by atomic mass is 9.87.